The monoisotopic (exact) mass is 250 g/mol. The van der Waals surface area contributed by atoms with Crippen LogP contribution in [0.4, 0.5) is 5.69 Å². The van der Waals surface area contributed by atoms with Crippen molar-refractivity contribution in [3.05, 3.63) is 23.8 Å². The minimum Gasteiger partial charge on any atom is -0.508 e. The summed E-state index contributed by atoms with van der Waals surface area (Å²) in [6.07, 6.45) is 2.92. The largest absolute Gasteiger partial charge is 0.508 e. The highest BCUT2D eigenvalue weighted by Gasteiger charge is 2.12. The molecule has 0 radical (unpaired) electrons. The quantitative estimate of drug-likeness (QED) is 0.778. The highest BCUT2D eigenvalue weighted by molar-refractivity contribution is 5.53. The van der Waals surface area contributed by atoms with E-state index >= 15 is 0 Å². The molecule has 0 saturated carbocycles. The molecule has 2 rings (SSSR count). The zero-order valence-corrected chi connectivity index (χ0v) is 10.8. The molecule has 0 bridgehead atoms. The van der Waals surface area contributed by atoms with Crippen LogP contribution in [-0.2, 0) is 11.2 Å². The van der Waals surface area contributed by atoms with Crippen molar-refractivity contribution in [1.29, 1.82) is 0 Å². The first-order valence-electron chi connectivity index (χ1n) is 6.66. The molecule has 18 heavy (non-hydrogen) atoms. The van der Waals surface area contributed by atoms with Crippen molar-refractivity contribution in [1.82, 2.24) is 0 Å². The molecule has 0 spiro atoms. The third-order valence-electron chi connectivity index (χ3n) is 3.34. The molecule has 0 amide bonds. The number of hydrogen-bond donors (Lipinski definition) is 2. The molecule has 1 fully saturated rings. The van der Waals surface area contributed by atoms with Crippen LogP contribution >= 0.6 is 0 Å². The summed E-state index contributed by atoms with van der Waals surface area (Å²) in [5.74, 6) is 0.393. The fraction of sp³-hybridized carbons (Fsp3) is 0.571. The minimum atomic E-state index is 0.393. The predicted molar refractivity (Wildman–Crippen MR) is 73.1 cm³/mol. The predicted octanol–water partition coefficient (Wildman–Crippen LogP) is 1.51. The van der Waals surface area contributed by atoms with Gasteiger partial charge in [0.05, 0.1) is 13.2 Å². The van der Waals surface area contributed by atoms with Crippen LogP contribution in [0, 0.1) is 0 Å². The Morgan fingerprint density at radius 3 is 2.72 bits per heavy atom. The van der Waals surface area contributed by atoms with E-state index < -0.39 is 0 Å². The Bertz CT molecular complexity index is 376. The fourth-order valence-corrected chi connectivity index (χ4v) is 2.25. The van der Waals surface area contributed by atoms with Gasteiger partial charge in [0.15, 0.2) is 0 Å². The maximum Gasteiger partial charge on any atom is 0.118 e. The van der Waals surface area contributed by atoms with E-state index in [0.29, 0.717) is 12.3 Å². The number of nitrogens with two attached hydrogens (primary N) is 1. The van der Waals surface area contributed by atoms with Gasteiger partial charge in [-0.15, -0.1) is 0 Å². The average molecular weight is 250 g/mol. The summed E-state index contributed by atoms with van der Waals surface area (Å²) in [5.41, 5.74) is 7.69. The molecule has 0 unspecified atom stereocenters. The highest BCUT2D eigenvalue weighted by atomic mass is 16.5. The SMILES string of the molecule is NCCCCc1cc(N2CCOCC2)ccc1O. The van der Waals surface area contributed by atoms with Crippen LogP contribution in [0.5, 0.6) is 5.75 Å². The number of unbranched alkanes of at least 4 members (excludes halogenated alkanes) is 1. The molecule has 1 aliphatic rings. The summed E-state index contributed by atoms with van der Waals surface area (Å²) in [7, 11) is 0. The maximum absolute atomic E-state index is 9.86. The minimum absolute atomic E-state index is 0.393. The van der Waals surface area contributed by atoms with Crippen LogP contribution in [0.1, 0.15) is 18.4 Å². The Hall–Kier alpha value is -1.26. The van der Waals surface area contributed by atoms with Crippen LogP contribution < -0.4 is 10.6 Å². The normalized spacial score (nSPS) is 15.9. The summed E-state index contributed by atoms with van der Waals surface area (Å²) >= 11 is 0. The Morgan fingerprint density at radius 1 is 1.22 bits per heavy atom. The third-order valence-corrected chi connectivity index (χ3v) is 3.34. The van der Waals surface area contributed by atoms with Crippen molar-refractivity contribution in [2.75, 3.05) is 37.7 Å². The number of aryl methyl sites for hydroxylation is 1. The molecule has 1 saturated heterocycles. The molecule has 4 heteroatoms. The van der Waals surface area contributed by atoms with E-state index in [4.69, 9.17) is 10.5 Å². The third kappa shape index (κ3) is 3.37. The molecule has 100 valence electrons. The standard InChI is InChI=1S/C14H22N2O2/c15-6-2-1-3-12-11-13(4-5-14(12)17)16-7-9-18-10-8-16/h4-5,11,17H,1-3,6-10,15H2. The summed E-state index contributed by atoms with van der Waals surface area (Å²) in [4.78, 5) is 2.30. The van der Waals surface area contributed by atoms with Gasteiger partial charge in [0.25, 0.3) is 0 Å². The smallest absolute Gasteiger partial charge is 0.118 e. The van der Waals surface area contributed by atoms with Gasteiger partial charge < -0.3 is 20.5 Å². The fourth-order valence-electron chi connectivity index (χ4n) is 2.25. The number of morpholine rings is 1. The second kappa shape index (κ2) is 6.61. The van der Waals surface area contributed by atoms with Gasteiger partial charge in [-0.1, -0.05) is 0 Å². The molecule has 0 aromatic heterocycles. The molecule has 1 heterocycles. The van der Waals surface area contributed by atoms with E-state index in [1.807, 2.05) is 6.07 Å². The molecule has 1 aromatic rings. The average Bonchev–Trinajstić information content (AvgIpc) is 2.42. The van der Waals surface area contributed by atoms with E-state index in [9.17, 15) is 5.11 Å². The zero-order chi connectivity index (χ0) is 12.8. The second-order valence-electron chi connectivity index (χ2n) is 4.66. The summed E-state index contributed by atoms with van der Waals surface area (Å²) in [6.45, 7) is 4.12. The van der Waals surface area contributed by atoms with E-state index in [1.165, 1.54) is 5.69 Å². The van der Waals surface area contributed by atoms with Crippen LogP contribution in [0.15, 0.2) is 18.2 Å². The van der Waals surface area contributed by atoms with Gasteiger partial charge in [-0.2, -0.15) is 0 Å². The van der Waals surface area contributed by atoms with E-state index in [-0.39, 0.29) is 0 Å². The molecular weight excluding hydrogens is 228 g/mol. The van der Waals surface area contributed by atoms with Gasteiger partial charge in [-0.25, -0.2) is 0 Å². The first kappa shape index (κ1) is 13.2. The lowest BCUT2D eigenvalue weighted by atomic mass is 10.1. The van der Waals surface area contributed by atoms with Gasteiger partial charge in [0.2, 0.25) is 0 Å². The van der Waals surface area contributed by atoms with E-state index in [0.717, 1.165) is 51.1 Å². The number of anilines is 1. The molecule has 3 N–H and O–H groups in total. The molecule has 1 aromatic carbocycles. The second-order valence-corrected chi connectivity index (χ2v) is 4.66. The molecule has 1 aliphatic heterocycles. The van der Waals surface area contributed by atoms with Gasteiger partial charge >= 0.3 is 0 Å². The zero-order valence-electron chi connectivity index (χ0n) is 10.8. The molecule has 0 aliphatic carbocycles. The van der Waals surface area contributed by atoms with Gasteiger partial charge in [-0.05, 0) is 49.6 Å². The lowest BCUT2D eigenvalue weighted by Gasteiger charge is -2.29. The van der Waals surface area contributed by atoms with Crippen molar-refractivity contribution < 1.29 is 9.84 Å². The lowest BCUT2D eigenvalue weighted by Crippen LogP contribution is -2.36. The number of benzene rings is 1. The van der Waals surface area contributed by atoms with Crippen LogP contribution in [0.2, 0.25) is 0 Å². The van der Waals surface area contributed by atoms with Crippen molar-refractivity contribution in [3.63, 3.8) is 0 Å². The topological polar surface area (TPSA) is 58.7 Å². The Balaban J connectivity index is 2.04. The number of aromatic hydroxyl groups is 1. The maximum atomic E-state index is 9.86. The first-order valence-corrected chi connectivity index (χ1v) is 6.66. The van der Waals surface area contributed by atoms with Crippen molar-refractivity contribution in [2.45, 2.75) is 19.3 Å². The number of phenolic OH excluding ortho intramolecular Hbond substituents is 1. The van der Waals surface area contributed by atoms with Crippen LogP contribution in [-0.4, -0.2) is 38.0 Å². The number of ether oxygens (including phenoxy) is 1. The van der Waals surface area contributed by atoms with Crippen LogP contribution in [0.25, 0.3) is 0 Å². The molecule has 0 atom stereocenters. The van der Waals surface area contributed by atoms with Gasteiger partial charge in [0.1, 0.15) is 5.75 Å². The van der Waals surface area contributed by atoms with E-state index in [2.05, 4.69) is 11.0 Å². The lowest BCUT2D eigenvalue weighted by molar-refractivity contribution is 0.122. The van der Waals surface area contributed by atoms with E-state index in [1.54, 1.807) is 6.07 Å². The molecular formula is C14H22N2O2. The van der Waals surface area contributed by atoms with Gasteiger partial charge in [0, 0.05) is 18.8 Å². The Kier molecular flexibility index (Phi) is 4.84. The van der Waals surface area contributed by atoms with Crippen molar-refractivity contribution in [3.8, 4) is 5.75 Å². The Labute approximate surface area is 108 Å². The van der Waals surface area contributed by atoms with Gasteiger partial charge in [-0.3, -0.25) is 0 Å². The highest BCUT2D eigenvalue weighted by Crippen LogP contribution is 2.26. The summed E-state index contributed by atoms with van der Waals surface area (Å²) in [5, 5.41) is 9.86. The number of phenols is 1. The van der Waals surface area contributed by atoms with Crippen molar-refractivity contribution in [2.24, 2.45) is 5.73 Å². The molecule has 4 nitrogen and oxygen atoms in total. The first-order chi connectivity index (χ1) is 8.81. The van der Waals surface area contributed by atoms with Crippen LogP contribution in [0.3, 0.4) is 0 Å². The van der Waals surface area contributed by atoms with Crippen molar-refractivity contribution >= 4 is 5.69 Å². The number of rotatable bonds is 5. The summed E-state index contributed by atoms with van der Waals surface area (Å²) < 4.78 is 5.35. The summed E-state index contributed by atoms with van der Waals surface area (Å²) in [6, 6.07) is 5.87. The number of nitrogens with zero attached hydrogens (tertiary/aromatic N) is 1. The number of hydrogen-bond acceptors (Lipinski definition) is 4. The Morgan fingerprint density at radius 2 is 2.00 bits per heavy atom.